The summed E-state index contributed by atoms with van der Waals surface area (Å²) in [5.74, 6) is -0.126. The van der Waals surface area contributed by atoms with Crippen molar-refractivity contribution in [1.82, 2.24) is 21.0 Å². The summed E-state index contributed by atoms with van der Waals surface area (Å²) in [5.41, 5.74) is 12.4. The number of rotatable bonds is 6. The Kier molecular flexibility index (Phi) is 4.94. The molecule has 3 rings (SSSR count). The zero-order chi connectivity index (χ0) is 17.8. The van der Waals surface area contributed by atoms with Gasteiger partial charge in [-0.1, -0.05) is 30.3 Å². The Balaban J connectivity index is 1.56. The first-order valence-corrected chi connectivity index (χ1v) is 7.75. The number of benzene rings is 2. The number of nitrogen functional groups attached to an aromatic ring is 1. The molecule has 0 radical (unpaired) electrons. The standard InChI is InChI=1S/C17H19N5O3/c18-16-12-8-11(6-7-13(12)19-21-16)17(25)22-20-15(24)9-14(23)10-4-2-1-3-5-10/h1-8,14-15,20,23-24H,9H2,(H,22,25)(H3,18,19,21). The number of amides is 1. The van der Waals surface area contributed by atoms with E-state index in [1.807, 2.05) is 6.07 Å². The van der Waals surface area contributed by atoms with E-state index in [0.29, 0.717) is 22.3 Å². The summed E-state index contributed by atoms with van der Waals surface area (Å²) in [6, 6.07) is 13.9. The van der Waals surface area contributed by atoms with E-state index in [2.05, 4.69) is 21.0 Å². The fourth-order valence-corrected chi connectivity index (χ4v) is 2.48. The number of carbonyl (C=O) groups excluding carboxylic acids is 1. The molecule has 8 nitrogen and oxygen atoms in total. The first-order valence-electron chi connectivity index (χ1n) is 7.75. The average molecular weight is 341 g/mol. The van der Waals surface area contributed by atoms with Crippen molar-refractivity contribution in [2.45, 2.75) is 18.8 Å². The van der Waals surface area contributed by atoms with Crippen molar-refractivity contribution in [3.63, 3.8) is 0 Å². The van der Waals surface area contributed by atoms with Crippen LogP contribution in [-0.2, 0) is 0 Å². The predicted octanol–water partition coefficient (Wildman–Crippen LogP) is 0.822. The molecule has 0 aliphatic carbocycles. The summed E-state index contributed by atoms with van der Waals surface area (Å²) < 4.78 is 0. The van der Waals surface area contributed by atoms with E-state index < -0.39 is 18.2 Å². The number of aliphatic hydroxyl groups excluding tert-OH is 2. The maximum absolute atomic E-state index is 12.2. The molecule has 25 heavy (non-hydrogen) atoms. The Morgan fingerprint density at radius 1 is 1.20 bits per heavy atom. The van der Waals surface area contributed by atoms with E-state index in [0.717, 1.165) is 5.52 Å². The Morgan fingerprint density at radius 2 is 1.96 bits per heavy atom. The molecule has 130 valence electrons. The quantitative estimate of drug-likeness (QED) is 0.290. The van der Waals surface area contributed by atoms with Gasteiger partial charge in [0.15, 0.2) is 5.82 Å². The normalized spacial score (nSPS) is 13.5. The van der Waals surface area contributed by atoms with Gasteiger partial charge in [-0.3, -0.25) is 15.3 Å². The van der Waals surface area contributed by atoms with Crippen LogP contribution >= 0.6 is 0 Å². The third-order valence-corrected chi connectivity index (χ3v) is 3.84. The summed E-state index contributed by atoms with van der Waals surface area (Å²) in [6.07, 6.45) is -1.93. The van der Waals surface area contributed by atoms with Crippen LogP contribution < -0.4 is 16.6 Å². The molecule has 1 heterocycles. The lowest BCUT2D eigenvalue weighted by Crippen LogP contribution is -2.44. The van der Waals surface area contributed by atoms with Crippen molar-refractivity contribution in [2.75, 3.05) is 5.73 Å². The van der Waals surface area contributed by atoms with Crippen molar-refractivity contribution < 1.29 is 15.0 Å². The minimum absolute atomic E-state index is 0.0258. The number of nitrogens with two attached hydrogens (primary N) is 1. The van der Waals surface area contributed by atoms with Crippen LogP contribution in [0.15, 0.2) is 48.5 Å². The highest BCUT2D eigenvalue weighted by Crippen LogP contribution is 2.19. The zero-order valence-electron chi connectivity index (χ0n) is 13.3. The summed E-state index contributed by atoms with van der Waals surface area (Å²) >= 11 is 0. The molecule has 0 bridgehead atoms. The minimum Gasteiger partial charge on any atom is -0.388 e. The first-order chi connectivity index (χ1) is 12.0. The number of hydrogen-bond donors (Lipinski definition) is 6. The SMILES string of the molecule is Nc1n[nH]c2ccc(C(=O)NNC(O)CC(O)c3ccccc3)cc12. The summed E-state index contributed by atoms with van der Waals surface area (Å²) in [6.45, 7) is 0. The highest BCUT2D eigenvalue weighted by molar-refractivity contribution is 6.00. The molecule has 7 N–H and O–H groups in total. The first kappa shape index (κ1) is 16.9. The lowest BCUT2D eigenvalue weighted by molar-refractivity contribution is 0.0463. The molecule has 0 saturated carbocycles. The van der Waals surface area contributed by atoms with Gasteiger partial charge in [0.2, 0.25) is 0 Å². The zero-order valence-corrected chi connectivity index (χ0v) is 13.3. The Morgan fingerprint density at radius 3 is 2.72 bits per heavy atom. The Labute approximate surface area is 143 Å². The van der Waals surface area contributed by atoms with Crippen LogP contribution in [0.2, 0.25) is 0 Å². The largest absolute Gasteiger partial charge is 0.388 e. The van der Waals surface area contributed by atoms with Gasteiger partial charge in [0.05, 0.1) is 11.6 Å². The van der Waals surface area contributed by atoms with Gasteiger partial charge in [-0.15, -0.1) is 0 Å². The lowest BCUT2D eigenvalue weighted by atomic mass is 10.1. The molecule has 1 aromatic heterocycles. The van der Waals surface area contributed by atoms with Gasteiger partial charge in [-0.2, -0.15) is 5.10 Å². The van der Waals surface area contributed by atoms with E-state index in [9.17, 15) is 15.0 Å². The molecule has 0 spiro atoms. The van der Waals surface area contributed by atoms with Crippen molar-refractivity contribution in [1.29, 1.82) is 0 Å². The Hall–Kier alpha value is -2.94. The van der Waals surface area contributed by atoms with Crippen LogP contribution in [0.4, 0.5) is 5.82 Å². The molecule has 2 atom stereocenters. The van der Waals surface area contributed by atoms with E-state index in [4.69, 9.17) is 5.73 Å². The van der Waals surface area contributed by atoms with Gasteiger partial charge >= 0.3 is 0 Å². The molecule has 0 aliphatic heterocycles. The number of aromatic nitrogens is 2. The van der Waals surface area contributed by atoms with Crippen molar-refractivity contribution in [3.05, 3.63) is 59.7 Å². The summed E-state index contributed by atoms with van der Waals surface area (Å²) in [4.78, 5) is 12.2. The van der Waals surface area contributed by atoms with Crippen LogP contribution in [-0.4, -0.2) is 32.5 Å². The van der Waals surface area contributed by atoms with Gasteiger partial charge in [-0.25, -0.2) is 5.43 Å². The number of aromatic amines is 1. The smallest absolute Gasteiger partial charge is 0.265 e. The lowest BCUT2D eigenvalue weighted by Gasteiger charge is -2.17. The van der Waals surface area contributed by atoms with Gasteiger partial charge in [0.1, 0.15) is 6.23 Å². The van der Waals surface area contributed by atoms with Gasteiger partial charge in [-0.05, 0) is 23.8 Å². The number of fused-ring (bicyclic) bond motifs is 1. The number of hydrazine groups is 1. The second-order valence-electron chi connectivity index (χ2n) is 5.65. The average Bonchev–Trinajstić information content (AvgIpc) is 3.01. The van der Waals surface area contributed by atoms with Crippen LogP contribution in [0, 0.1) is 0 Å². The monoisotopic (exact) mass is 341 g/mol. The molecular formula is C17H19N5O3. The third kappa shape index (κ3) is 3.94. The van der Waals surface area contributed by atoms with Crippen LogP contribution in [0.25, 0.3) is 10.9 Å². The molecule has 1 amide bonds. The fourth-order valence-electron chi connectivity index (χ4n) is 2.48. The van der Waals surface area contributed by atoms with E-state index in [1.165, 1.54) is 0 Å². The molecular weight excluding hydrogens is 322 g/mol. The molecule has 2 aromatic carbocycles. The van der Waals surface area contributed by atoms with Gasteiger partial charge in [0, 0.05) is 17.4 Å². The van der Waals surface area contributed by atoms with Crippen LogP contribution in [0.3, 0.4) is 0 Å². The van der Waals surface area contributed by atoms with E-state index >= 15 is 0 Å². The predicted molar refractivity (Wildman–Crippen MR) is 93.1 cm³/mol. The van der Waals surface area contributed by atoms with Gasteiger partial charge in [0.25, 0.3) is 5.91 Å². The fraction of sp³-hybridized carbons (Fsp3) is 0.176. The number of carbonyl (C=O) groups is 1. The number of nitrogens with one attached hydrogen (secondary N) is 3. The number of nitrogens with zero attached hydrogens (tertiary/aromatic N) is 1. The van der Waals surface area contributed by atoms with Crippen LogP contribution in [0.5, 0.6) is 0 Å². The maximum atomic E-state index is 12.2. The second kappa shape index (κ2) is 7.31. The summed E-state index contributed by atoms with van der Waals surface area (Å²) in [5, 5.41) is 27.3. The third-order valence-electron chi connectivity index (χ3n) is 3.84. The van der Waals surface area contributed by atoms with Crippen LogP contribution in [0.1, 0.15) is 28.4 Å². The van der Waals surface area contributed by atoms with Crippen molar-refractivity contribution in [3.8, 4) is 0 Å². The number of aliphatic hydroxyl groups is 2. The molecule has 8 heteroatoms. The second-order valence-corrected chi connectivity index (χ2v) is 5.65. The highest BCUT2D eigenvalue weighted by Gasteiger charge is 2.15. The number of H-pyrrole nitrogens is 1. The molecule has 3 aromatic rings. The van der Waals surface area contributed by atoms with E-state index in [-0.39, 0.29) is 6.42 Å². The van der Waals surface area contributed by atoms with E-state index in [1.54, 1.807) is 42.5 Å². The molecule has 0 aliphatic rings. The summed E-state index contributed by atoms with van der Waals surface area (Å²) in [7, 11) is 0. The molecule has 2 unspecified atom stereocenters. The maximum Gasteiger partial charge on any atom is 0.265 e. The topological polar surface area (TPSA) is 136 Å². The number of hydrogen-bond acceptors (Lipinski definition) is 6. The molecule has 0 fully saturated rings. The van der Waals surface area contributed by atoms with Crippen molar-refractivity contribution >= 4 is 22.6 Å². The highest BCUT2D eigenvalue weighted by atomic mass is 16.3. The van der Waals surface area contributed by atoms with Crippen molar-refractivity contribution in [2.24, 2.45) is 0 Å². The molecule has 0 saturated heterocycles. The number of anilines is 1. The van der Waals surface area contributed by atoms with Gasteiger partial charge < -0.3 is 15.9 Å². The minimum atomic E-state index is -1.11. The Bertz CT molecular complexity index is 865.